The molecule has 0 aliphatic carbocycles. The summed E-state index contributed by atoms with van der Waals surface area (Å²) < 4.78 is 22.8. The number of carbonyl (C=O) groups excluding carboxylic acids is 2. The number of Topliss-reactive ketones (excluding diaryl/α,β-unsaturated/α-hetero) is 1. The van der Waals surface area contributed by atoms with Crippen LogP contribution in [-0.2, 0) is 28.5 Å². The van der Waals surface area contributed by atoms with Crippen LogP contribution in [0.25, 0.3) is 0 Å². The minimum atomic E-state index is -0.506. The van der Waals surface area contributed by atoms with Crippen LogP contribution < -0.4 is 0 Å². The highest BCUT2D eigenvalue weighted by Gasteiger charge is 2.40. The van der Waals surface area contributed by atoms with Gasteiger partial charge >= 0.3 is 0 Å². The van der Waals surface area contributed by atoms with Crippen molar-refractivity contribution >= 4 is 11.7 Å². The Kier molecular flexibility index (Phi) is 13.4. The molecule has 0 bridgehead atoms. The SMILES string of the molecule is CC/C=C(/C=C(\OC)C(C(=O)N1CCCC1C(=O)C(C)C)C(C)C)OCC(OCC)OCC. The molecule has 7 nitrogen and oxygen atoms in total. The van der Waals surface area contributed by atoms with E-state index in [0.717, 1.165) is 19.3 Å². The van der Waals surface area contributed by atoms with E-state index in [2.05, 4.69) is 0 Å². The molecular formula is C26H45NO6. The largest absolute Gasteiger partial charge is 0.500 e. The van der Waals surface area contributed by atoms with Crippen molar-refractivity contribution in [2.75, 3.05) is 33.5 Å². The minimum absolute atomic E-state index is 0.0124. The van der Waals surface area contributed by atoms with Gasteiger partial charge in [-0.2, -0.15) is 0 Å². The van der Waals surface area contributed by atoms with Gasteiger partial charge in [-0.1, -0.05) is 34.6 Å². The molecule has 1 aliphatic heterocycles. The molecule has 190 valence electrons. The van der Waals surface area contributed by atoms with E-state index in [9.17, 15) is 9.59 Å². The third kappa shape index (κ3) is 8.78. The van der Waals surface area contributed by atoms with Gasteiger partial charge in [0.05, 0.1) is 19.1 Å². The Morgan fingerprint density at radius 1 is 1.06 bits per heavy atom. The van der Waals surface area contributed by atoms with Crippen molar-refractivity contribution in [3.63, 3.8) is 0 Å². The Hall–Kier alpha value is -1.86. The number of rotatable bonds is 15. The fourth-order valence-electron chi connectivity index (χ4n) is 4.08. The lowest BCUT2D eigenvalue weighted by molar-refractivity contribution is -0.159. The van der Waals surface area contributed by atoms with Crippen LogP contribution in [0, 0.1) is 17.8 Å². The Morgan fingerprint density at radius 2 is 1.70 bits per heavy atom. The Labute approximate surface area is 200 Å². The van der Waals surface area contributed by atoms with Gasteiger partial charge in [-0.15, -0.1) is 0 Å². The molecule has 1 fully saturated rings. The first-order valence-corrected chi connectivity index (χ1v) is 12.4. The van der Waals surface area contributed by atoms with Gasteiger partial charge < -0.3 is 23.8 Å². The molecule has 1 amide bonds. The highest BCUT2D eigenvalue weighted by molar-refractivity contribution is 5.92. The van der Waals surface area contributed by atoms with E-state index >= 15 is 0 Å². The van der Waals surface area contributed by atoms with Gasteiger partial charge in [-0.3, -0.25) is 9.59 Å². The van der Waals surface area contributed by atoms with Crippen LogP contribution in [0.2, 0.25) is 0 Å². The lowest BCUT2D eigenvalue weighted by Gasteiger charge is -2.31. The number of ketones is 1. The molecule has 1 saturated heterocycles. The average Bonchev–Trinajstić information content (AvgIpc) is 3.25. The maximum absolute atomic E-state index is 13.7. The first kappa shape index (κ1) is 29.2. The predicted molar refractivity (Wildman–Crippen MR) is 129 cm³/mol. The second-order valence-electron chi connectivity index (χ2n) is 8.89. The lowest BCUT2D eigenvalue weighted by atomic mass is 9.90. The van der Waals surface area contributed by atoms with Crippen LogP contribution >= 0.6 is 0 Å². The number of ether oxygens (including phenoxy) is 4. The van der Waals surface area contributed by atoms with Crippen molar-refractivity contribution in [1.29, 1.82) is 0 Å². The fourth-order valence-corrected chi connectivity index (χ4v) is 4.08. The lowest BCUT2D eigenvalue weighted by Crippen LogP contribution is -2.46. The van der Waals surface area contributed by atoms with Crippen molar-refractivity contribution in [3.8, 4) is 0 Å². The van der Waals surface area contributed by atoms with Crippen LogP contribution in [0.3, 0.4) is 0 Å². The van der Waals surface area contributed by atoms with Crippen molar-refractivity contribution in [2.24, 2.45) is 17.8 Å². The van der Waals surface area contributed by atoms with Crippen molar-refractivity contribution in [1.82, 2.24) is 4.90 Å². The number of allylic oxidation sites excluding steroid dienone is 2. The zero-order chi connectivity index (χ0) is 25.0. The number of likely N-dealkylation sites (tertiary alicyclic amines) is 1. The van der Waals surface area contributed by atoms with Crippen molar-refractivity contribution in [3.05, 3.63) is 23.7 Å². The van der Waals surface area contributed by atoms with Crippen LogP contribution in [0.4, 0.5) is 0 Å². The number of hydrogen-bond acceptors (Lipinski definition) is 6. The maximum Gasteiger partial charge on any atom is 0.234 e. The van der Waals surface area contributed by atoms with Gasteiger partial charge in [0.1, 0.15) is 18.1 Å². The topological polar surface area (TPSA) is 74.3 Å². The Bertz CT molecular complexity index is 664. The van der Waals surface area contributed by atoms with Crippen molar-refractivity contribution in [2.45, 2.75) is 80.1 Å². The van der Waals surface area contributed by atoms with E-state index < -0.39 is 12.2 Å². The van der Waals surface area contributed by atoms with E-state index in [1.807, 2.05) is 54.5 Å². The number of nitrogens with zero attached hydrogens (tertiary/aromatic N) is 1. The summed E-state index contributed by atoms with van der Waals surface area (Å²) in [6, 6.07) is -0.350. The third-order valence-corrected chi connectivity index (χ3v) is 5.69. The maximum atomic E-state index is 13.7. The van der Waals surface area contributed by atoms with Crippen molar-refractivity contribution < 1.29 is 28.5 Å². The molecule has 0 aromatic heterocycles. The summed E-state index contributed by atoms with van der Waals surface area (Å²) >= 11 is 0. The van der Waals surface area contributed by atoms with Gasteiger partial charge in [-0.05, 0) is 45.1 Å². The first-order chi connectivity index (χ1) is 15.7. The molecule has 2 atom stereocenters. The predicted octanol–water partition coefficient (Wildman–Crippen LogP) is 4.71. The molecular weight excluding hydrogens is 422 g/mol. The number of methoxy groups -OCH3 is 1. The highest BCUT2D eigenvalue weighted by Crippen LogP contribution is 2.30. The Balaban J connectivity index is 3.15. The molecule has 0 radical (unpaired) electrons. The smallest absolute Gasteiger partial charge is 0.234 e. The van der Waals surface area contributed by atoms with E-state index in [-0.39, 0.29) is 36.2 Å². The number of carbonyl (C=O) groups is 2. The molecule has 1 aliphatic rings. The van der Waals surface area contributed by atoms with Crippen LogP contribution in [0.1, 0.15) is 67.7 Å². The summed E-state index contributed by atoms with van der Waals surface area (Å²) in [6.07, 6.45) is 5.59. The summed E-state index contributed by atoms with van der Waals surface area (Å²) in [6.45, 7) is 15.5. The molecule has 0 aromatic carbocycles. The van der Waals surface area contributed by atoms with Crippen LogP contribution in [0.5, 0.6) is 0 Å². The number of hydrogen-bond donors (Lipinski definition) is 0. The molecule has 0 N–H and O–H groups in total. The summed E-state index contributed by atoms with van der Waals surface area (Å²) in [5.74, 6) is 0.575. The fraction of sp³-hybridized carbons (Fsp3) is 0.769. The molecule has 0 aromatic rings. The van der Waals surface area contributed by atoms with Gasteiger partial charge in [0.15, 0.2) is 12.1 Å². The molecule has 0 spiro atoms. The van der Waals surface area contributed by atoms with E-state index in [0.29, 0.717) is 31.3 Å². The Morgan fingerprint density at radius 3 is 2.18 bits per heavy atom. The first-order valence-electron chi connectivity index (χ1n) is 12.4. The van der Waals surface area contributed by atoms with E-state index in [1.54, 1.807) is 18.1 Å². The minimum Gasteiger partial charge on any atom is -0.500 e. The summed E-state index contributed by atoms with van der Waals surface area (Å²) in [4.78, 5) is 28.1. The molecule has 1 rings (SSSR count). The molecule has 1 heterocycles. The number of amides is 1. The van der Waals surface area contributed by atoms with Gasteiger partial charge in [0.2, 0.25) is 5.91 Å². The second kappa shape index (κ2) is 15.1. The third-order valence-electron chi connectivity index (χ3n) is 5.69. The molecule has 2 unspecified atom stereocenters. The van der Waals surface area contributed by atoms with Crippen LogP contribution in [0.15, 0.2) is 23.7 Å². The van der Waals surface area contributed by atoms with Crippen LogP contribution in [-0.4, -0.2) is 62.4 Å². The van der Waals surface area contributed by atoms with Gasteiger partial charge in [0, 0.05) is 31.8 Å². The monoisotopic (exact) mass is 467 g/mol. The second-order valence-corrected chi connectivity index (χ2v) is 8.89. The molecule has 33 heavy (non-hydrogen) atoms. The van der Waals surface area contributed by atoms with E-state index in [1.165, 1.54) is 0 Å². The molecule has 0 saturated carbocycles. The van der Waals surface area contributed by atoms with Gasteiger partial charge in [-0.25, -0.2) is 0 Å². The normalized spacial score (nSPS) is 18.4. The summed E-state index contributed by atoms with van der Waals surface area (Å²) in [5.41, 5.74) is 0. The average molecular weight is 468 g/mol. The van der Waals surface area contributed by atoms with Gasteiger partial charge in [0.25, 0.3) is 0 Å². The highest BCUT2D eigenvalue weighted by atomic mass is 16.7. The van der Waals surface area contributed by atoms with E-state index in [4.69, 9.17) is 18.9 Å². The quantitative estimate of drug-likeness (QED) is 0.197. The summed E-state index contributed by atoms with van der Waals surface area (Å²) in [5, 5.41) is 0. The molecule has 7 heteroatoms. The standard InChI is InChI=1S/C26H45NO6/c1-9-13-20(33-17-23(31-10-2)32-11-3)16-22(30-8)24(18(4)5)26(29)27-15-12-14-21(27)25(28)19(6)7/h13,16,18-19,21,23-24H,9-12,14-15,17H2,1-8H3/b20-13-,22-16-. The zero-order valence-corrected chi connectivity index (χ0v) is 21.9. The summed E-state index contributed by atoms with van der Waals surface area (Å²) in [7, 11) is 1.57. The zero-order valence-electron chi connectivity index (χ0n) is 21.9.